The predicted molar refractivity (Wildman–Crippen MR) is 47.1 cm³/mol. The molecular formula is C7H11N3OS. The molecule has 0 aliphatic carbocycles. The van der Waals surface area contributed by atoms with Gasteiger partial charge in [0.1, 0.15) is 0 Å². The minimum absolute atomic E-state index is 0.0706. The predicted octanol–water partition coefficient (Wildman–Crippen LogP) is 1.02. The van der Waals surface area contributed by atoms with Gasteiger partial charge >= 0.3 is 0 Å². The third-order valence-electron chi connectivity index (χ3n) is 1.68. The lowest BCUT2D eigenvalue weighted by Gasteiger charge is -2.19. The van der Waals surface area contributed by atoms with Crippen LogP contribution in [-0.2, 0) is 0 Å². The van der Waals surface area contributed by atoms with Gasteiger partial charge in [0.15, 0.2) is 5.69 Å². The summed E-state index contributed by atoms with van der Waals surface area (Å²) in [4.78, 5) is 13.1. The molecule has 0 unspecified atom stereocenters. The van der Waals surface area contributed by atoms with Crippen molar-refractivity contribution < 1.29 is 4.79 Å². The van der Waals surface area contributed by atoms with Gasteiger partial charge in [0.05, 0.1) is 17.9 Å². The van der Waals surface area contributed by atoms with E-state index in [1.807, 2.05) is 13.8 Å². The van der Waals surface area contributed by atoms with Crippen molar-refractivity contribution in [3.63, 3.8) is 0 Å². The van der Waals surface area contributed by atoms with Crippen LogP contribution in [0.4, 0.5) is 0 Å². The number of rotatable bonds is 2. The van der Waals surface area contributed by atoms with Crippen LogP contribution in [0.25, 0.3) is 0 Å². The van der Waals surface area contributed by atoms with E-state index in [1.54, 1.807) is 11.9 Å². The molecule has 1 amide bonds. The van der Waals surface area contributed by atoms with Crippen LogP contribution < -0.4 is 0 Å². The highest BCUT2D eigenvalue weighted by Crippen LogP contribution is 2.03. The van der Waals surface area contributed by atoms with Crippen molar-refractivity contribution in [1.82, 2.24) is 13.6 Å². The highest BCUT2D eigenvalue weighted by molar-refractivity contribution is 6.99. The first kappa shape index (κ1) is 9.12. The van der Waals surface area contributed by atoms with Crippen LogP contribution in [-0.4, -0.2) is 32.6 Å². The molecule has 4 nitrogen and oxygen atoms in total. The smallest absolute Gasteiger partial charge is 0.275 e. The van der Waals surface area contributed by atoms with E-state index in [9.17, 15) is 4.79 Å². The number of amides is 1. The standard InChI is InChI=1S/C7H11N3OS/c1-5(2)10(3)7(11)6-4-8-12-9-6/h4-5H,1-3H3. The molecule has 0 spiro atoms. The van der Waals surface area contributed by atoms with Crippen LogP contribution in [0.2, 0.25) is 0 Å². The van der Waals surface area contributed by atoms with Crippen molar-refractivity contribution in [2.75, 3.05) is 7.05 Å². The number of hydrogen-bond acceptors (Lipinski definition) is 4. The molecule has 0 atom stereocenters. The maximum absolute atomic E-state index is 11.5. The summed E-state index contributed by atoms with van der Waals surface area (Å²) in [6.07, 6.45) is 1.49. The second kappa shape index (κ2) is 3.62. The third-order valence-corrected chi connectivity index (χ3v) is 2.15. The lowest BCUT2D eigenvalue weighted by molar-refractivity contribution is 0.0750. The van der Waals surface area contributed by atoms with Crippen LogP contribution in [0, 0.1) is 0 Å². The lowest BCUT2D eigenvalue weighted by Crippen LogP contribution is -2.33. The fourth-order valence-corrected chi connectivity index (χ4v) is 1.08. The van der Waals surface area contributed by atoms with E-state index in [-0.39, 0.29) is 11.9 Å². The Kier molecular flexibility index (Phi) is 2.75. The van der Waals surface area contributed by atoms with E-state index >= 15 is 0 Å². The number of carbonyl (C=O) groups excluding carboxylic acids is 1. The average molecular weight is 185 g/mol. The lowest BCUT2D eigenvalue weighted by atomic mass is 10.3. The van der Waals surface area contributed by atoms with Crippen molar-refractivity contribution in [3.05, 3.63) is 11.9 Å². The molecule has 1 rings (SSSR count). The van der Waals surface area contributed by atoms with Gasteiger partial charge in [-0.05, 0) is 13.8 Å². The first-order chi connectivity index (χ1) is 5.63. The van der Waals surface area contributed by atoms with Gasteiger partial charge in [0.25, 0.3) is 5.91 Å². The summed E-state index contributed by atoms with van der Waals surface area (Å²) in [6.45, 7) is 3.91. The Hall–Kier alpha value is -0.970. The molecule has 5 heteroatoms. The first-order valence-electron chi connectivity index (χ1n) is 3.67. The van der Waals surface area contributed by atoms with Crippen LogP contribution in [0.5, 0.6) is 0 Å². The Balaban J connectivity index is 2.72. The van der Waals surface area contributed by atoms with E-state index in [0.717, 1.165) is 11.7 Å². The van der Waals surface area contributed by atoms with Gasteiger partial charge in [-0.15, -0.1) is 0 Å². The number of nitrogens with zero attached hydrogens (tertiary/aromatic N) is 3. The van der Waals surface area contributed by atoms with E-state index in [2.05, 4.69) is 8.75 Å². The van der Waals surface area contributed by atoms with Crippen molar-refractivity contribution in [3.8, 4) is 0 Å². The summed E-state index contributed by atoms with van der Waals surface area (Å²) >= 11 is 1.05. The van der Waals surface area contributed by atoms with Gasteiger partial charge in [0, 0.05) is 13.1 Å². The molecule has 0 N–H and O–H groups in total. The fourth-order valence-electron chi connectivity index (χ4n) is 0.674. The summed E-state index contributed by atoms with van der Waals surface area (Å²) in [5, 5.41) is 0. The molecule has 1 aromatic rings. The maximum Gasteiger partial charge on any atom is 0.275 e. The minimum atomic E-state index is -0.0706. The zero-order valence-electron chi connectivity index (χ0n) is 7.31. The van der Waals surface area contributed by atoms with Crippen LogP contribution in [0.1, 0.15) is 24.3 Å². The zero-order valence-corrected chi connectivity index (χ0v) is 8.13. The molecule has 0 saturated heterocycles. The van der Waals surface area contributed by atoms with Crippen molar-refractivity contribution in [1.29, 1.82) is 0 Å². The third kappa shape index (κ3) is 1.79. The Labute approximate surface area is 75.5 Å². The maximum atomic E-state index is 11.5. The topological polar surface area (TPSA) is 46.1 Å². The summed E-state index contributed by atoms with van der Waals surface area (Å²) < 4.78 is 7.63. The van der Waals surface area contributed by atoms with Crippen molar-refractivity contribution in [2.45, 2.75) is 19.9 Å². The number of carbonyl (C=O) groups is 1. The normalized spacial score (nSPS) is 10.3. The van der Waals surface area contributed by atoms with Gasteiger partial charge in [0.2, 0.25) is 0 Å². The molecule has 66 valence electrons. The molecule has 0 aliphatic heterocycles. The Bertz CT molecular complexity index is 258. The Morgan fingerprint density at radius 1 is 1.67 bits per heavy atom. The number of aromatic nitrogens is 2. The van der Waals surface area contributed by atoms with Gasteiger partial charge in [-0.2, -0.15) is 8.75 Å². The molecule has 0 aromatic carbocycles. The second-order valence-corrected chi connectivity index (χ2v) is 3.36. The molecule has 0 aliphatic rings. The Morgan fingerprint density at radius 3 is 2.75 bits per heavy atom. The van der Waals surface area contributed by atoms with E-state index in [0.29, 0.717) is 5.69 Å². The highest BCUT2D eigenvalue weighted by Gasteiger charge is 2.15. The van der Waals surface area contributed by atoms with Gasteiger partial charge in [-0.25, -0.2) is 0 Å². The van der Waals surface area contributed by atoms with Crippen LogP contribution in [0.15, 0.2) is 6.20 Å². The van der Waals surface area contributed by atoms with E-state index < -0.39 is 0 Å². The van der Waals surface area contributed by atoms with E-state index in [1.165, 1.54) is 6.20 Å². The summed E-state index contributed by atoms with van der Waals surface area (Å²) in [5.74, 6) is -0.0706. The quantitative estimate of drug-likeness (QED) is 0.691. The zero-order chi connectivity index (χ0) is 9.14. The molecule has 1 heterocycles. The first-order valence-corrected chi connectivity index (χ1v) is 4.40. The molecule has 0 fully saturated rings. The van der Waals surface area contributed by atoms with Crippen molar-refractivity contribution >= 4 is 17.6 Å². The monoisotopic (exact) mass is 185 g/mol. The molecule has 1 aromatic heterocycles. The average Bonchev–Trinajstić information content (AvgIpc) is 2.53. The van der Waals surface area contributed by atoms with Crippen molar-refractivity contribution in [2.24, 2.45) is 0 Å². The fraction of sp³-hybridized carbons (Fsp3) is 0.571. The molecule has 0 radical (unpaired) electrons. The summed E-state index contributed by atoms with van der Waals surface area (Å²) in [6, 6.07) is 0.194. The number of hydrogen-bond donors (Lipinski definition) is 0. The Morgan fingerprint density at radius 2 is 2.33 bits per heavy atom. The SMILES string of the molecule is CC(C)N(C)C(=O)c1cnsn1. The van der Waals surface area contributed by atoms with E-state index in [4.69, 9.17) is 0 Å². The van der Waals surface area contributed by atoms with Gasteiger partial charge < -0.3 is 4.90 Å². The molecule has 12 heavy (non-hydrogen) atoms. The van der Waals surface area contributed by atoms with Crippen LogP contribution in [0.3, 0.4) is 0 Å². The molecule has 0 bridgehead atoms. The largest absolute Gasteiger partial charge is 0.338 e. The summed E-state index contributed by atoms with van der Waals surface area (Å²) in [7, 11) is 1.76. The van der Waals surface area contributed by atoms with Crippen LogP contribution >= 0.6 is 11.7 Å². The minimum Gasteiger partial charge on any atom is -0.338 e. The summed E-state index contributed by atoms with van der Waals surface area (Å²) in [5.41, 5.74) is 0.427. The van der Waals surface area contributed by atoms with Gasteiger partial charge in [-0.1, -0.05) is 0 Å². The highest BCUT2D eigenvalue weighted by atomic mass is 32.1. The second-order valence-electron chi connectivity index (χ2n) is 2.80. The van der Waals surface area contributed by atoms with Gasteiger partial charge in [-0.3, -0.25) is 4.79 Å². The molecule has 0 saturated carbocycles. The molecular weight excluding hydrogens is 174 g/mol.